The molecule has 1 saturated carbocycles. The lowest BCUT2D eigenvalue weighted by Crippen LogP contribution is -2.41. The Morgan fingerprint density at radius 3 is 2.48 bits per heavy atom. The van der Waals surface area contributed by atoms with E-state index in [1.165, 1.54) is 6.42 Å². The Labute approximate surface area is 133 Å². The van der Waals surface area contributed by atoms with Crippen molar-refractivity contribution < 1.29 is 8.42 Å². The van der Waals surface area contributed by atoms with Crippen molar-refractivity contribution in [2.24, 2.45) is 0 Å². The number of halogens is 1. The zero-order valence-electron chi connectivity index (χ0n) is 12.8. The summed E-state index contributed by atoms with van der Waals surface area (Å²) >= 11 is 5.91. The van der Waals surface area contributed by atoms with E-state index in [2.05, 4.69) is 0 Å². The number of sulfonamides is 1. The summed E-state index contributed by atoms with van der Waals surface area (Å²) in [5.41, 5.74) is 1.92. The first-order chi connectivity index (χ1) is 10.0. The lowest BCUT2D eigenvalue weighted by atomic mass is 9.95. The first kappa shape index (κ1) is 16.8. The van der Waals surface area contributed by atoms with Crippen LogP contribution < -0.4 is 0 Å². The molecule has 1 fully saturated rings. The molecule has 0 radical (unpaired) electrons. The second-order valence-corrected chi connectivity index (χ2v) is 7.88. The summed E-state index contributed by atoms with van der Waals surface area (Å²) in [5, 5.41) is 0. The quantitative estimate of drug-likeness (QED) is 0.763. The fraction of sp³-hybridized carbons (Fsp3) is 0.625. The number of hydrogen-bond donors (Lipinski definition) is 0. The van der Waals surface area contributed by atoms with Crippen LogP contribution in [0.5, 0.6) is 0 Å². The normalized spacial score (nSPS) is 17.3. The van der Waals surface area contributed by atoms with Crippen molar-refractivity contribution in [2.75, 3.05) is 6.54 Å². The fourth-order valence-electron chi connectivity index (χ4n) is 3.08. The third kappa shape index (κ3) is 3.61. The van der Waals surface area contributed by atoms with E-state index in [1.54, 1.807) is 16.4 Å². The Bertz CT molecular complexity index is 580. The predicted molar refractivity (Wildman–Crippen MR) is 87.2 cm³/mol. The molecule has 3 nitrogen and oxygen atoms in total. The van der Waals surface area contributed by atoms with Gasteiger partial charge in [-0.25, -0.2) is 8.42 Å². The minimum atomic E-state index is -3.43. The van der Waals surface area contributed by atoms with E-state index < -0.39 is 10.0 Å². The lowest BCUT2D eigenvalue weighted by molar-refractivity contribution is 0.261. The molecular formula is C16H24ClNO2S. The van der Waals surface area contributed by atoms with Crippen LogP contribution in [0.4, 0.5) is 0 Å². The van der Waals surface area contributed by atoms with E-state index in [0.717, 1.165) is 36.8 Å². The summed E-state index contributed by atoms with van der Waals surface area (Å²) in [5.74, 6) is 0.338. The SMILES string of the molecule is CCN(C1CCCCC1)S(=O)(=O)c1ccc(C)c(CCl)c1. The monoisotopic (exact) mass is 329 g/mol. The summed E-state index contributed by atoms with van der Waals surface area (Å²) in [6.45, 7) is 4.40. The van der Waals surface area contributed by atoms with Gasteiger partial charge in [-0.2, -0.15) is 4.31 Å². The highest BCUT2D eigenvalue weighted by atomic mass is 35.5. The van der Waals surface area contributed by atoms with Crippen LogP contribution in [0.3, 0.4) is 0 Å². The third-order valence-electron chi connectivity index (χ3n) is 4.36. The molecule has 0 bridgehead atoms. The lowest BCUT2D eigenvalue weighted by Gasteiger charge is -2.32. The Morgan fingerprint density at radius 2 is 1.90 bits per heavy atom. The van der Waals surface area contributed by atoms with E-state index in [4.69, 9.17) is 11.6 Å². The molecule has 0 atom stereocenters. The summed E-state index contributed by atoms with van der Waals surface area (Å²) in [7, 11) is -3.43. The molecule has 0 aromatic heterocycles. The molecule has 21 heavy (non-hydrogen) atoms. The number of nitrogens with zero attached hydrogens (tertiary/aromatic N) is 1. The zero-order valence-corrected chi connectivity index (χ0v) is 14.4. The predicted octanol–water partition coefficient (Wildman–Crippen LogP) is 4.08. The first-order valence-corrected chi connectivity index (χ1v) is 9.65. The van der Waals surface area contributed by atoms with Crippen LogP contribution in [0.2, 0.25) is 0 Å². The maximum atomic E-state index is 12.9. The highest BCUT2D eigenvalue weighted by Gasteiger charge is 2.31. The molecule has 118 valence electrons. The Balaban J connectivity index is 2.34. The number of aryl methyl sites for hydroxylation is 1. The summed E-state index contributed by atoms with van der Waals surface area (Å²) < 4.78 is 27.5. The number of hydrogen-bond acceptors (Lipinski definition) is 2. The Hall–Kier alpha value is -0.580. The van der Waals surface area contributed by atoms with E-state index in [0.29, 0.717) is 17.3 Å². The first-order valence-electron chi connectivity index (χ1n) is 7.68. The van der Waals surface area contributed by atoms with E-state index in [9.17, 15) is 8.42 Å². The molecular weight excluding hydrogens is 306 g/mol. The molecule has 1 aromatic rings. The van der Waals surface area contributed by atoms with Gasteiger partial charge in [0.25, 0.3) is 0 Å². The molecule has 1 aliphatic rings. The van der Waals surface area contributed by atoms with Gasteiger partial charge >= 0.3 is 0 Å². The summed E-state index contributed by atoms with van der Waals surface area (Å²) in [4.78, 5) is 0.371. The van der Waals surface area contributed by atoms with Crippen LogP contribution >= 0.6 is 11.6 Å². The average molecular weight is 330 g/mol. The minimum absolute atomic E-state index is 0.148. The van der Waals surface area contributed by atoms with Crippen LogP contribution in [0.15, 0.2) is 23.1 Å². The van der Waals surface area contributed by atoms with Gasteiger partial charge in [0.1, 0.15) is 0 Å². The molecule has 1 aliphatic carbocycles. The molecule has 2 rings (SSSR count). The molecule has 0 N–H and O–H groups in total. The standard InChI is InChI=1S/C16H24ClNO2S/c1-3-18(15-7-5-4-6-8-15)21(19,20)16-10-9-13(2)14(11-16)12-17/h9-11,15H,3-8,12H2,1-2H3. The van der Waals surface area contributed by atoms with Gasteiger partial charge in [0.15, 0.2) is 0 Å². The Kier molecular flexibility index (Phi) is 5.69. The van der Waals surface area contributed by atoms with Crippen molar-refractivity contribution in [2.45, 2.75) is 62.8 Å². The molecule has 0 amide bonds. The molecule has 0 heterocycles. The fourth-order valence-corrected chi connectivity index (χ4v) is 5.11. The maximum absolute atomic E-state index is 12.9. The Morgan fingerprint density at radius 1 is 1.24 bits per heavy atom. The zero-order chi connectivity index (χ0) is 15.5. The third-order valence-corrected chi connectivity index (χ3v) is 6.68. The van der Waals surface area contributed by atoms with E-state index in [-0.39, 0.29) is 6.04 Å². The van der Waals surface area contributed by atoms with Crippen LogP contribution in [-0.2, 0) is 15.9 Å². The highest BCUT2D eigenvalue weighted by Crippen LogP contribution is 2.28. The molecule has 1 aromatic carbocycles. The van der Waals surface area contributed by atoms with Gasteiger partial charge in [0.2, 0.25) is 10.0 Å². The van der Waals surface area contributed by atoms with Gasteiger partial charge < -0.3 is 0 Å². The van der Waals surface area contributed by atoms with Crippen molar-refractivity contribution in [1.82, 2.24) is 4.31 Å². The molecule has 0 saturated heterocycles. The van der Waals surface area contributed by atoms with Crippen molar-refractivity contribution in [3.63, 3.8) is 0 Å². The van der Waals surface area contributed by atoms with Crippen LogP contribution in [0.1, 0.15) is 50.2 Å². The summed E-state index contributed by atoms with van der Waals surface area (Å²) in [6.07, 6.45) is 5.41. The van der Waals surface area contributed by atoms with Gasteiger partial charge in [0.05, 0.1) is 4.90 Å². The van der Waals surface area contributed by atoms with Gasteiger partial charge in [-0.05, 0) is 43.0 Å². The molecule has 0 aliphatic heterocycles. The number of benzene rings is 1. The van der Waals surface area contributed by atoms with Crippen molar-refractivity contribution in [3.8, 4) is 0 Å². The van der Waals surface area contributed by atoms with Crippen LogP contribution in [0.25, 0.3) is 0 Å². The van der Waals surface area contributed by atoms with E-state index >= 15 is 0 Å². The topological polar surface area (TPSA) is 37.4 Å². The minimum Gasteiger partial charge on any atom is -0.207 e. The van der Waals surface area contributed by atoms with Gasteiger partial charge in [-0.15, -0.1) is 11.6 Å². The molecule has 0 spiro atoms. The highest BCUT2D eigenvalue weighted by molar-refractivity contribution is 7.89. The van der Waals surface area contributed by atoms with Crippen molar-refractivity contribution in [3.05, 3.63) is 29.3 Å². The summed E-state index contributed by atoms with van der Waals surface area (Å²) in [6, 6.07) is 5.42. The second kappa shape index (κ2) is 7.12. The van der Waals surface area contributed by atoms with Gasteiger partial charge in [0, 0.05) is 18.5 Å². The van der Waals surface area contributed by atoms with E-state index in [1.807, 2.05) is 19.9 Å². The van der Waals surface area contributed by atoms with Crippen LogP contribution in [-0.4, -0.2) is 25.3 Å². The van der Waals surface area contributed by atoms with Gasteiger partial charge in [-0.3, -0.25) is 0 Å². The largest absolute Gasteiger partial charge is 0.243 e. The van der Waals surface area contributed by atoms with Crippen molar-refractivity contribution >= 4 is 21.6 Å². The van der Waals surface area contributed by atoms with Gasteiger partial charge in [-0.1, -0.05) is 32.3 Å². The number of rotatable bonds is 5. The second-order valence-electron chi connectivity index (χ2n) is 5.72. The smallest absolute Gasteiger partial charge is 0.207 e. The molecule has 0 unspecified atom stereocenters. The number of alkyl halides is 1. The van der Waals surface area contributed by atoms with Crippen molar-refractivity contribution in [1.29, 1.82) is 0 Å². The van der Waals surface area contributed by atoms with Crippen LogP contribution in [0, 0.1) is 6.92 Å². The average Bonchev–Trinajstić information content (AvgIpc) is 2.49. The molecule has 5 heteroatoms. The maximum Gasteiger partial charge on any atom is 0.243 e.